The lowest BCUT2D eigenvalue weighted by atomic mass is 9.71. The molecule has 0 aromatic heterocycles. The second kappa shape index (κ2) is 5.71. The number of ketones is 1. The quantitative estimate of drug-likeness (QED) is 0.771. The molecule has 0 bridgehead atoms. The van der Waals surface area contributed by atoms with E-state index in [-0.39, 0.29) is 0 Å². The van der Waals surface area contributed by atoms with Gasteiger partial charge in [-0.25, -0.2) is 0 Å². The number of carbonyl (C=O) groups excluding carboxylic acids is 1. The normalized spacial score (nSPS) is 28.9. The number of carbonyl (C=O) groups is 1. The Morgan fingerprint density at radius 1 is 1.15 bits per heavy atom. The maximum Gasteiger partial charge on any atom is 0.136 e. The highest BCUT2D eigenvalue weighted by Gasteiger charge is 2.32. The third kappa shape index (κ3) is 2.68. The Labute approximate surface area is 122 Å². The SMILES string of the molecule is CC(C)C1CCC(C(=O)CC2Cc3ccccc32)CC1. The highest BCUT2D eigenvalue weighted by atomic mass is 16.1. The van der Waals surface area contributed by atoms with Crippen molar-refractivity contribution in [1.82, 2.24) is 0 Å². The van der Waals surface area contributed by atoms with Crippen LogP contribution in [0, 0.1) is 17.8 Å². The van der Waals surface area contributed by atoms with Crippen molar-refractivity contribution in [2.24, 2.45) is 17.8 Å². The largest absolute Gasteiger partial charge is 0.299 e. The minimum absolute atomic E-state index is 0.359. The maximum absolute atomic E-state index is 12.5. The summed E-state index contributed by atoms with van der Waals surface area (Å²) in [7, 11) is 0. The van der Waals surface area contributed by atoms with E-state index < -0.39 is 0 Å². The molecular formula is C19H26O. The van der Waals surface area contributed by atoms with Gasteiger partial charge in [0, 0.05) is 12.3 Å². The van der Waals surface area contributed by atoms with Gasteiger partial charge < -0.3 is 0 Å². The first-order valence-corrected chi connectivity index (χ1v) is 8.25. The zero-order valence-electron chi connectivity index (χ0n) is 12.8. The molecule has 2 aliphatic rings. The number of benzene rings is 1. The average molecular weight is 270 g/mol. The van der Waals surface area contributed by atoms with Crippen LogP contribution in [0.2, 0.25) is 0 Å². The summed E-state index contributed by atoms with van der Waals surface area (Å²) in [5.74, 6) is 3.04. The third-order valence-corrected chi connectivity index (χ3v) is 5.58. The van der Waals surface area contributed by atoms with Crippen LogP contribution in [0.25, 0.3) is 0 Å². The summed E-state index contributed by atoms with van der Waals surface area (Å²) in [5, 5.41) is 0. The van der Waals surface area contributed by atoms with Gasteiger partial charge in [-0.3, -0.25) is 4.79 Å². The topological polar surface area (TPSA) is 17.1 Å². The standard InChI is InChI=1S/C19H26O/c1-13(2)14-7-9-15(10-8-14)19(20)12-17-11-16-5-3-4-6-18(16)17/h3-6,13-15,17H,7-12H2,1-2H3. The summed E-state index contributed by atoms with van der Waals surface area (Å²) in [6, 6.07) is 8.60. The van der Waals surface area contributed by atoms with Gasteiger partial charge in [0.2, 0.25) is 0 Å². The molecule has 0 aliphatic heterocycles. The molecule has 0 saturated heterocycles. The molecule has 0 heterocycles. The van der Waals surface area contributed by atoms with Crippen molar-refractivity contribution in [1.29, 1.82) is 0 Å². The number of rotatable bonds is 4. The molecule has 0 radical (unpaired) electrons. The average Bonchev–Trinajstić information content (AvgIpc) is 2.44. The Bertz CT molecular complexity index is 480. The van der Waals surface area contributed by atoms with Gasteiger partial charge >= 0.3 is 0 Å². The lowest BCUT2D eigenvalue weighted by Crippen LogP contribution is -2.27. The van der Waals surface area contributed by atoms with Gasteiger partial charge in [0.1, 0.15) is 5.78 Å². The van der Waals surface area contributed by atoms with Gasteiger partial charge in [-0.15, -0.1) is 0 Å². The van der Waals surface area contributed by atoms with Crippen LogP contribution in [-0.2, 0) is 11.2 Å². The van der Waals surface area contributed by atoms with E-state index >= 15 is 0 Å². The van der Waals surface area contributed by atoms with Crippen LogP contribution in [-0.4, -0.2) is 5.78 Å². The van der Waals surface area contributed by atoms with Crippen LogP contribution in [0.1, 0.15) is 63.0 Å². The zero-order valence-corrected chi connectivity index (χ0v) is 12.8. The molecule has 0 N–H and O–H groups in total. The summed E-state index contributed by atoms with van der Waals surface area (Å²) in [6.07, 6.45) is 6.69. The van der Waals surface area contributed by atoms with E-state index in [9.17, 15) is 4.79 Å². The minimum atomic E-state index is 0.359. The van der Waals surface area contributed by atoms with E-state index in [1.54, 1.807) is 0 Å². The van der Waals surface area contributed by atoms with Gasteiger partial charge in [0.25, 0.3) is 0 Å². The fourth-order valence-electron chi connectivity index (χ4n) is 4.06. The molecule has 1 atom stereocenters. The first kappa shape index (κ1) is 13.9. The molecule has 1 heteroatoms. The van der Waals surface area contributed by atoms with E-state index in [1.807, 2.05) is 0 Å². The van der Waals surface area contributed by atoms with Crippen molar-refractivity contribution in [3.8, 4) is 0 Å². The molecule has 0 spiro atoms. The van der Waals surface area contributed by atoms with Crippen LogP contribution < -0.4 is 0 Å². The van der Waals surface area contributed by atoms with Crippen molar-refractivity contribution >= 4 is 5.78 Å². The summed E-state index contributed by atoms with van der Waals surface area (Å²) in [6.45, 7) is 4.64. The summed E-state index contributed by atoms with van der Waals surface area (Å²) in [5.41, 5.74) is 2.88. The van der Waals surface area contributed by atoms with Crippen molar-refractivity contribution in [2.45, 2.75) is 58.3 Å². The van der Waals surface area contributed by atoms with Crippen LogP contribution in [0.15, 0.2) is 24.3 Å². The highest BCUT2D eigenvalue weighted by Crippen LogP contribution is 2.40. The van der Waals surface area contributed by atoms with E-state index in [2.05, 4.69) is 38.1 Å². The Morgan fingerprint density at radius 3 is 2.50 bits per heavy atom. The highest BCUT2D eigenvalue weighted by molar-refractivity contribution is 5.82. The fraction of sp³-hybridized carbons (Fsp3) is 0.632. The maximum atomic E-state index is 12.5. The summed E-state index contributed by atoms with van der Waals surface area (Å²) in [4.78, 5) is 12.5. The van der Waals surface area contributed by atoms with Crippen molar-refractivity contribution < 1.29 is 4.79 Å². The first-order chi connectivity index (χ1) is 9.65. The number of Topliss-reactive ketones (excluding diaryl/α,β-unsaturated/α-hetero) is 1. The predicted octanol–water partition coefficient (Wildman–Crippen LogP) is 4.75. The summed E-state index contributed by atoms with van der Waals surface area (Å²) >= 11 is 0. The van der Waals surface area contributed by atoms with Crippen molar-refractivity contribution in [3.63, 3.8) is 0 Å². The number of fused-ring (bicyclic) bond motifs is 1. The molecule has 2 aliphatic carbocycles. The number of hydrogen-bond acceptors (Lipinski definition) is 1. The molecule has 1 saturated carbocycles. The van der Waals surface area contributed by atoms with Gasteiger partial charge in [-0.05, 0) is 61.0 Å². The molecule has 1 aromatic carbocycles. The Balaban J connectivity index is 1.52. The predicted molar refractivity (Wildman–Crippen MR) is 82.8 cm³/mol. The Hall–Kier alpha value is -1.11. The number of hydrogen-bond donors (Lipinski definition) is 0. The van der Waals surface area contributed by atoms with Gasteiger partial charge in [-0.2, -0.15) is 0 Å². The second-order valence-corrected chi connectivity index (χ2v) is 7.13. The minimum Gasteiger partial charge on any atom is -0.299 e. The first-order valence-electron chi connectivity index (χ1n) is 8.25. The third-order valence-electron chi connectivity index (χ3n) is 5.58. The molecule has 1 fully saturated rings. The van der Waals surface area contributed by atoms with Gasteiger partial charge in [0.05, 0.1) is 0 Å². The Morgan fingerprint density at radius 2 is 1.85 bits per heavy atom. The fourth-order valence-corrected chi connectivity index (χ4v) is 4.06. The summed E-state index contributed by atoms with van der Waals surface area (Å²) < 4.78 is 0. The molecule has 1 unspecified atom stereocenters. The van der Waals surface area contributed by atoms with E-state index in [0.717, 1.165) is 37.5 Å². The second-order valence-electron chi connectivity index (χ2n) is 7.13. The molecular weight excluding hydrogens is 244 g/mol. The molecule has 0 amide bonds. The van der Waals surface area contributed by atoms with Crippen LogP contribution in [0.3, 0.4) is 0 Å². The van der Waals surface area contributed by atoms with E-state index in [4.69, 9.17) is 0 Å². The zero-order chi connectivity index (χ0) is 14.1. The molecule has 108 valence electrons. The Kier molecular flexibility index (Phi) is 3.96. The van der Waals surface area contributed by atoms with Crippen LogP contribution >= 0.6 is 0 Å². The molecule has 1 nitrogen and oxygen atoms in total. The molecule has 1 aromatic rings. The molecule has 3 rings (SSSR count). The van der Waals surface area contributed by atoms with Crippen LogP contribution in [0.4, 0.5) is 0 Å². The van der Waals surface area contributed by atoms with Gasteiger partial charge in [0.15, 0.2) is 0 Å². The molecule has 20 heavy (non-hydrogen) atoms. The van der Waals surface area contributed by atoms with Crippen LogP contribution in [0.5, 0.6) is 0 Å². The van der Waals surface area contributed by atoms with Gasteiger partial charge in [-0.1, -0.05) is 38.1 Å². The van der Waals surface area contributed by atoms with Crippen molar-refractivity contribution in [3.05, 3.63) is 35.4 Å². The monoisotopic (exact) mass is 270 g/mol. The van der Waals surface area contributed by atoms with Crippen molar-refractivity contribution in [2.75, 3.05) is 0 Å². The lowest BCUT2D eigenvalue weighted by molar-refractivity contribution is -0.124. The smallest absolute Gasteiger partial charge is 0.136 e. The van der Waals surface area contributed by atoms with E-state index in [1.165, 1.54) is 24.0 Å². The van der Waals surface area contributed by atoms with E-state index in [0.29, 0.717) is 17.6 Å². The lowest BCUT2D eigenvalue weighted by Gasteiger charge is -2.33.